The highest BCUT2D eigenvalue weighted by Crippen LogP contribution is 2.30. The first-order valence-electron chi connectivity index (χ1n) is 5.93. The van der Waals surface area contributed by atoms with E-state index in [-0.39, 0.29) is 5.69 Å². The third kappa shape index (κ3) is 2.64. The molecule has 6 nitrogen and oxygen atoms in total. The normalized spacial score (nSPS) is 10.7. The van der Waals surface area contributed by atoms with E-state index >= 15 is 0 Å². The molecule has 0 unspecified atom stereocenters. The van der Waals surface area contributed by atoms with Gasteiger partial charge >= 0.3 is 0 Å². The predicted octanol–water partition coefficient (Wildman–Crippen LogP) is 2.92. The van der Waals surface area contributed by atoms with Gasteiger partial charge in [-0.2, -0.15) is 10.3 Å². The van der Waals surface area contributed by atoms with Gasteiger partial charge in [0.25, 0.3) is 0 Å². The van der Waals surface area contributed by atoms with Crippen LogP contribution in [0.5, 0.6) is 0 Å². The van der Waals surface area contributed by atoms with Crippen LogP contribution in [0.3, 0.4) is 0 Å². The molecule has 0 saturated carbocycles. The van der Waals surface area contributed by atoms with E-state index in [4.69, 9.17) is 12.3 Å². The molecule has 0 atom stereocenters. The number of nitrogens with two attached hydrogens (primary N) is 1. The van der Waals surface area contributed by atoms with Gasteiger partial charge in [-0.05, 0) is 17.7 Å². The smallest absolute Gasteiger partial charge is 0.204 e. The minimum atomic E-state index is -0.394. The topological polar surface area (TPSA) is 84.8 Å². The Morgan fingerprint density at radius 3 is 2.95 bits per heavy atom. The quantitative estimate of drug-likeness (QED) is 0.574. The average Bonchev–Trinajstić information content (AvgIpc) is 2.93. The lowest BCUT2D eigenvalue weighted by Gasteiger charge is -2.05. The van der Waals surface area contributed by atoms with Crippen molar-refractivity contribution in [1.29, 1.82) is 0 Å². The Labute approximate surface area is 123 Å². The Balaban J connectivity index is 1.87. The lowest BCUT2D eigenvalue weighted by Crippen LogP contribution is -1.93. The number of thioether (sulfide) groups is 1. The van der Waals surface area contributed by atoms with Gasteiger partial charge in [0.2, 0.25) is 5.65 Å². The summed E-state index contributed by atoms with van der Waals surface area (Å²) >= 11 is 1.39. The number of aromatic nitrogens is 4. The lowest BCUT2D eigenvalue weighted by molar-refractivity contribution is 0.618. The van der Waals surface area contributed by atoms with Crippen molar-refractivity contribution in [2.75, 3.05) is 5.73 Å². The zero-order chi connectivity index (χ0) is 14.8. The zero-order valence-corrected chi connectivity index (χ0v) is 11.5. The van der Waals surface area contributed by atoms with Gasteiger partial charge in [0.1, 0.15) is 17.2 Å². The van der Waals surface area contributed by atoms with E-state index in [2.05, 4.69) is 25.2 Å². The van der Waals surface area contributed by atoms with E-state index in [1.165, 1.54) is 17.8 Å². The minimum Gasteiger partial charge on any atom is -0.384 e. The highest BCUT2D eigenvalue weighted by atomic mass is 32.2. The van der Waals surface area contributed by atoms with Crippen LogP contribution in [0.15, 0.2) is 29.2 Å². The van der Waals surface area contributed by atoms with Crippen molar-refractivity contribution >= 4 is 34.4 Å². The average molecular weight is 300 g/mol. The molecule has 0 spiro atoms. The van der Waals surface area contributed by atoms with E-state index < -0.39 is 5.82 Å². The molecule has 0 radical (unpaired) electrons. The lowest BCUT2D eigenvalue weighted by atomic mass is 10.2. The molecule has 2 aromatic heterocycles. The maximum atomic E-state index is 13.8. The second-order valence-electron chi connectivity index (χ2n) is 4.22. The number of anilines is 1. The molecule has 0 amide bonds. The highest BCUT2D eigenvalue weighted by Gasteiger charge is 2.11. The number of hydrogen-bond acceptors (Lipinski definition) is 5. The van der Waals surface area contributed by atoms with E-state index in [0.717, 1.165) is 4.90 Å². The highest BCUT2D eigenvalue weighted by molar-refractivity contribution is 7.98. The molecule has 0 bridgehead atoms. The minimum absolute atomic E-state index is 0.285. The van der Waals surface area contributed by atoms with Crippen molar-refractivity contribution < 1.29 is 4.39 Å². The summed E-state index contributed by atoms with van der Waals surface area (Å²) in [4.78, 5) is 8.01. The summed E-state index contributed by atoms with van der Waals surface area (Å²) in [5.74, 6) is 0.340. The number of nitrogens with zero attached hydrogens (tertiary/aromatic N) is 4. The van der Waals surface area contributed by atoms with Gasteiger partial charge in [0.15, 0.2) is 5.69 Å². The summed E-state index contributed by atoms with van der Waals surface area (Å²) in [7, 11) is 0. The SMILES string of the molecule is [C-]#[N+]c1ccc(CSc2cc(N)nc3n[nH]nc23)c(F)c1. The van der Waals surface area contributed by atoms with Crippen molar-refractivity contribution in [2.24, 2.45) is 0 Å². The summed E-state index contributed by atoms with van der Waals surface area (Å²) < 4.78 is 13.8. The number of benzene rings is 1. The molecule has 0 aliphatic rings. The first-order valence-corrected chi connectivity index (χ1v) is 6.91. The van der Waals surface area contributed by atoms with Crippen molar-refractivity contribution in [3.63, 3.8) is 0 Å². The predicted molar refractivity (Wildman–Crippen MR) is 78.3 cm³/mol. The number of rotatable bonds is 3. The molecule has 0 aliphatic heterocycles. The number of H-pyrrole nitrogens is 1. The molecular weight excluding hydrogens is 291 g/mol. The second kappa shape index (κ2) is 5.38. The molecule has 2 heterocycles. The summed E-state index contributed by atoms with van der Waals surface area (Å²) in [6, 6.07) is 6.12. The fourth-order valence-corrected chi connectivity index (χ4v) is 2.84. The van der Waals surface area contributed by atoms with Crippen LogP contribution in [0.1, 0.15) is 5.56 Å². The number of nitrogens with one attached hydrogen (secondary N) is 1. The maximum absolute atomic E-state index is 13.8. The van der Waals surface area contributed by atoms with E-state index in [0.29, 0.717) is 28.3 Å². The van der Waals surface area contributed by atoms with Gasteiger partial charge in [-0.3, -0.25) is 0 Å². The molecule has 3 rings (SSSR count). The summed E-state index contributed by atoms with van der Waals surface area (Å²) in [5.41, 5.74) is 7.54. The van der Waals surface area contributed by atoms with Crippen molar-refractivity contribution in [3.8, 4) is 0 Å². The Bertz CT molecular complexity index is 853. The second-order valence-corrected chi connectivity index (χ2v) is 5.23. The Morgan fingerprint density at radius 1 is 1.33 bits per heavy atom. The molecule has 1 aromatic carbocycles. The van der Waals surface area contributed by atoms with Crippen LogP contribution in [-0.2, 0) is 5.75 Å². The number of pyridine rings is 1. The molecule has 3 N–H and O–H groups in total. The van der Waals surface area contributed by atoms with Crippen LogP contribution >= 0.6 is 11.8 Å². The molecule has 0 fully saturated rings. The number of aromatic amines is 1. The van der Waals surface area contributed by atoms with Gasteiger partial charge in [-0.15, -0.1) is 16.9 Å². The number of nitrogen functional groups attached to an aromatic ring is 1. The van der Waals surface area contributed by atoms with Crippen molar-refractivity contribution in [2.45, 2.75) is 10.6 Å². The largest absolute Gasteiger partial charge is 0.384 e. The van der Waals surface area contributed by atoms with Crippen molar-refractivity contribution in [3.05, 3.63) is 47.1 Å². The zero-order valence-electron chi connectivity index (χ0n) is 10.7. The van der Waals surface area contributed by atoms with Crippen molar-refractivity contribution in [1.82, 2.24) is 20.4 Å². The van der Waals surface area contributed by atoms with Gasteiger partial charge in [-0.25, -0.2) is 14.2 Å². The Hall–Kier alpha value is -2.66. The van der Waals surface area contributed by atoms with E-state index in [1.54, 1.807) is 18.2 Å². The van der Waals surface area contributed by atoms with Gasteiger partial charge in [0, 0.05) is 10.6 Å². The van der Waals surface area contributed by atoms with Gasteiger partial charge in [-0.1, -0.05) is 12.1 Å². The molecule has 0 saturated heterocycles. The summed E-state index contributed by atoms with van der Waals surface area (Å²) in [5, 5.41) is 10.4. The van der Waals surface area contributed by atoms with Crippen LogP contribution in [0.25, 0.3) is 16.0 Å². The first kappa shape index (κ1) is 13.3. The third-order valence-electron chi connectivity index (χ3n) is 2.83. The fraction of sp³-hybridized carbons (Fsp3) is 0.0769. The molecular formula is C13H9FN6S. The first-order chi connectivity index (χ1) is 10.2. The monoisotopic (exact) mass is 300 g/mol. The Kier molecular flexibility index (Phi) is 3.41. The fourth-order valence-electron chi connectivity index (χ4n) is 1.81. The molecule has 21 heavy (non-hydrogen) atoms. The van der Waals surface area contributed by atoms with E-state index in [1.807, 2.05) is 0 Å². The Morgan fingerprint density at radius 2 is 2.19 bits per heavy atom. The molecule has 3 aromatic rings. The molecule has 104 valence electrons. The maximum Gasteiger partial charge on any atom is 0.204 e. The third-order valence-corrected chi connectivity index (χ3v) is 3.90. The van der Waals surface area contributed by atoms with Crippen LogP contribution in [0.2, 0.25) is 0 Å². The van der Waals surface area contributed by atoms with E-state index in [9.17, 15) is 4.39 Å². The molecule has 8 heteroatoms. The number of halogens is 1. The number of fused-ring (bicyclic) bond motifs is 1. The summed E-state index contributed by atoms with van der Waals surface area (Å²) in [6.45, 7) is 6.86. The van der Waals surface area contributed by atoms with Gasteiger partial charge in [0.05, 0.1) is 6.57 Å². The standard InChI is InChI=1S/C13H9FN6S/c1-16-8-3-2-7(9(14)4-8)6-21-10-5-11(15)17-13-12(10)18-20-19-13/h2-5H,6H2,(H3,15,17,18,19,20). The van der Waals surface area contributed by atoms with Crippen LogP contribution in [-0.4, -0.2) is 20.4 Å². The molecule has 0 aliphatic carbocycles. The van der Waals surface area contributed by atoms with Gasteiger partial charge < -0.3 is 5.73 Å². The van der Waals surface area contributed by atoms with Crippen LogP contribution < -0.4 is 5.73 Å². The van der Waals surface area contributed by atoms with Crippen LogP contribution in [0.4, 0.5) is 15.9 Å². The summed E-state index contributed by atoms with van der Waals surface area (Å²) in [6.07, 6.45) is 0. The van der Waals surface area contributed by atoms with Crippen LogP contribution in [0, 0.1) is 12.4 Å². The number of hydrogen-bond donors (Lipinski definition) is 2.